The van der Waals surface area contributed by atoms with Crippen molar-refractivity contribution >= 4 is 34.7 Å². The van der Waals surface area contributed by atoms with Crippen LogP contribution in [0.3, 0.4) is 0 Å². The van der Waals surface area contributed by atoms with Crippen molar-refractivity contribution in [2.75, 3.05) is 6.61 Å². The highest BCUT2D eigenvalue weighted by atomic mass is 35.5. The van der Waals surface area contributed by atoms with Gasteiger partial charge >= 0.3 is 5.97 Å². The first-order chi connectivity index (χ1) is 10.3. The average molecular weight is 337 g/mol. The third kappa shape index (κ3) is 4.18. The zero-order valence-electron chi connectivity index (χ0n) is 12.7. The number of rotatable bonds is 4. The number of ketones is 1. The summed E-state index contributed by atoms with van der Waals surface area (Å²) in [7, 11) is 0. The highest BCUT2D eigenvalue weighted by Gasteiger charge is 2.16. The third-order valence-corrected chi connectivity index (χ3v) is 4.44. The van der Waals surface area contributed by atoms with Crippen molar-refractivity contribution in [3.63, 3.8) is 0 Å². The van der Waals surface area contributed by atoms with E-state index in [4.69, 9.17) is 16.3 Å². The molecule has 0 aliphatic rings. The Hall–Kier alpha value is -1.65. The van der Waals surface area contributed by atoms with E-state index in [0.717, 1.165) is 5.56 Å². The van der Waals surface area contributed by atoms with E-state index in [-0.39, 0.29) is 17.8 Å². The van der Waals surface area contributed by atoms with Crippen molar-refractivity contribution in [3.8, 4) is 0 Å². The Kier molecular flexibility index (Phi) is 5.04. The van der Waals surface area contributed by atoms with Gasteiger partial charge < -0.3 is 4.74 Å². The van der Waals surface area contributed by atoms with Gasteiger partial charge in [-0.25, -0.2) is 4.79 Å². The molecule has 1 heterocycles. The summed E-state index contributed by atoms with van der Waals surface area (Å²) in [6.07, 6.45) is 0. The molecule has 2 aromatic rings. The van der Waals surface area contributed by atoms with E-state index >= 15 is 0 Å². The Morgan fingerprint density at radius 2 is 1.73 bits per heavy atom. The van der Waals surface area contributed by atoms with Gasteiger partial charge in [0.2, 0.25) is 5.78 Å². The van der Waals surface area contributed by atoms with Crippen LogP contribution in [0.15, 0.2) is 36.4 Å². The zero-order chi connectivity index (χ0) is 16.3. The Bertz CT molecular complexity index is 681. The number of thiophene rings is 1. The summed E-state index contributed by atoms with van der Waals surface area (Å²) in [5.74, 6) is -0.756. The maximum atomic E-state index is 11.9. The van der Waals surface area contributed by atoms with E-state index in [1.165, 1.54) is 11.3 Å². The second-order valence-corrected chi connectivity index (χ2v) is 7.65. The average Bonchev–Trinajstić information content (AvgIpc) is 2.90. The van der Waals surface area contributed by atoms with E-state index in [0.29, 0.717) is 14.8 Å². The van der Waals surface area contributed by atoms with Gasteiger partial charge in [-0.3, -0.25) is 4.79 Å². The number of hydrogen-bond donors (Lipinski definition) is 0. The summed E-state index contributed by atoms with van der Waals surface area (Å²) in [4.78, 5) is 24.3. The van der Waals surface area contributed by atoms with Crippen LogP contribution in [0.5, 0.6) is 0 Å². The Morgan fingerprint density at radius 1 is 1.09 bits per heavy atom. The van der Waals surface area contributed by atoms with Gasteiger partial charge in [-0.2, -0.15) is 0 Å². The molecule has 0 atom stereocenters. The maximum Gasteiger partial charge on any atom is 0.338 e. The van der Waals surface area contributed by atoms with Crippen LogP contribution >= 0.6 is 22.9 Å². The van der Waals surface area contributed by atoms with Crippen LogP contribution in [0.25, 0.3) is 0 Å². The second kappa shape index (κ2) is 6.63. The maximum absolute atomic E-state index is 11.9. The molecular weight excluding hydrogens is 320 g/mol. The molecule has 1 aromatic carbocycles. The molecule has 3 nitrogen and oxygen atoms in total. The molecule has 0 saturated heterocycles. The minimum absolute atomic E-state index is 0.0246. The summed E-state index contributed by atoms with van der Waals surface area (Å²) >= 11 is 6.95. The summed E-state index contributed by atoms with van der Waals surface area (Å²) < 4.78 is 5.59. The molecule has 0 N–H and O–H groups in total. The van der Waals surface area contributed by atoms with Crippen LogP contribution in [0, 0.1) is 0 Å². The van der Waals surface area contributed by atoms with Gasteiger partial charge in [0.1, 0.15) is 0 Å². The smallest absolute Gasteiger partial charge is 0.338 e. The first kappa shape index (κ1) is 16.7. The number of hydrogen-bond acceptors (Lipinski definition) is 4. The Balaban J connectivity index is 1.96. The molecule has 0 radical (unpaired) electrons. The summed E-state index contributed by atoms with van der Waals surface area (Å²) in [5.41, 5.74) is 1.59. The molecule has 116 valence electrons. The molecule has 0 fully saturated rings. The molecule has 2 rings (SSSR count). The summed E-state index contributed by atoms with van der Waals surface area (Å²) in [5, 5.41) is 0. The number of ether oxygens (including phenoxy) is 1. The van der Waals surface area contributed by atoms with Crippen molar-refractivity contribution in [2.45, 2.75) is 26.2 Å². The van der Waals surface area contributed by atoms with Crippen molar-refractivity contribution in [2.24, 2.45) is 0 Å². The standard InChI is InChI=1S/C17H17ClO3S/c1-17(2,3)12-6-4-11(5-7-12)16(20)21-10-13(19)14-8-9-15(18)22-14/h4-9H,10H2,1-3H3. The molecule has 5 heteroatoms. The van der Waals surface area contributed by atoms with Gasteiger partial charge in [0.15, 0.2) is 6.61 Å². The Labute approximate surface area is 138 Å². The third-order valence-electron chi connectivity index (χ3n) is 3.17. The molecule has 0 aliphatic carbocycles. The molecule has 0 saturated carbocycles. The number of Topliss-reactive ketones (excluding diaryl/α,β-unsaturated/α-hetero) is 1. The van der Waals surface area contributed by atoms with Crippen molar-refractivity contribution < 1.29 is 14.3 Å². The molecule has 0 unspecified atom stereocenters. The van der Waals surface area contributed by atoms with Gasteiger partial charge in [-0.05, 0) is 35.2 Å². The first-order valence-electron chi connectivity index (χ1n) is 6.83. The normalized spacial score (nSPS) is 11.3. The van der Waals surface area contributed by atoms with Gasteiger partial charge in [-0.15, -0.1) is 11.3 Å². The lowest BCUT2D eigenvalue weighted by Crippen LogP contribution is -2.14. The fourth-order valence-corrected chi connectivity index (χ4v) is 2.82. The summed E-state index contributed by atoms with van der Waals surface area (Å²) in [6.45, 7) is 6.03. The van der Waals surface area contributed by atoms with E-state index in [1.807, 2.05) is 12.1 Å². The second-order valence-electron chi connectivity index (χ2n) is 5.93. The highest BCUT2D eigenvalue weighted by Crippen LogP contribution is 2.23. The molecule has 0 amide bonds. The lowest BCUT2D eigenvalue weighted by atomic mass is 9.87. The number of benzene rings is 1. The predicted molar refractivity (Wildman–Crippen MR) is 89.1 cm³/mol. The van der Waals surface area contributed by atoms with E-state index in [1.54, 1.807) is 24.3 Å². The largest absolute Gasteiger partial charge is 0.454 e. The molecule has 1 aromatic heterocycles. The van der Waals surface area contributed by atoms with Gasteiger partial charge in [0.25, 0.3) is 0 Å². The minimum Gasteiger partial charge on any atom is -0.454 e. The monoisotopic (exact) mass is 336 g/mol. The van der Waals surface area contributed by atoms with E-state index in [9.17, 15) is 9.59 Å². The lowest BCUT2D eigenvalue weighted by molar-refractivity contribution is 0.0476. The first-order valence-corrected chi connectivity index (χ1v) is 8.03. The van der Waals surface area contributed by atoms with Gasteiger partial charge in [0, 0.05) is 0 Å². The van der Waals surface area contributed by atoms with Crippen LogP contribution in [0.2, 0.25) is 4.34 Å². The minimum atomic E-state index is -0.503. The number of carbonyl (C=O) groups excluding carboxylic acids is 2. The molecule has 0 aliphatic heterocycles. The SMILES string of the molecule is CC(C)(C)c1ccc(C(=O)OCC(=O)c2ccc(Cl)s2)cc1. The number of halogens is 1. The van der Waals surface area contributed by atoms with Crippen molar-refractivity contribution in [3.05, 3.63) is 56.7 Å². The fourth-order valence-electron chi connectivity index (χ4n) is 1.86. The van der Waals surface area contributed by atoms with Crippen LogP contribution in [0.4, 0.5) is 0 Å². The number of esters is 1. The van der Waals surface area contributed by atoms with Crippen LogP contribution in [-0.2, 0) is 10.2 Å². The topological polar surface area (TPSA) is 43.4 Å². The molecule has 0 spiro atoms. The van der Waals surface area contributed by atoms with E-state index < -0.39 is 5.97 Å². The predicted octanol–water partition coefficient (Wildman–Crippen LogP) is 4.74. The zero-order valence-corrected chi connectivity index (χ0v) is 14.3. The van der Waals surface area contributed by atoms with Crippen molar-refractivity contribution in [1.82, 2.24) is 0 Å². The van der Waals surface area contributed by atoms with Gasteiger partial charge in [-0.1, -0.05) is 44.5 Å². The fraction of sp³-hybridized carbons (Fsp3) is 0.294. The van der Waals surface area contributed by atoms with Crippen LogP contribution in [-0.4, -0.2) is 18.4 Å². The van der Waals surface area contributed by atoms with Gasteiger partial charge in [0.05, 0.1) is 14.8 Å². The number of carbonyl (C=O) groups is 2. The highest BCUT2D eigenvalue weighted by molar-refractivity contribution is 7.18. The molecule has 22 heavy (non-hydrogen) atoms. The molecule has 0 bridgehead atoms. The van der Waals surface area contributed by atoms with Crippen LogP contribution < -0.4 is 0 Å². The Morgan fingerprint density at radius 3 is 2.23 bits per heavy atom. The van der Waals surface area contributed by atoms with E-state index in [2.05, 4.69) is 20.8 Å². The lowest BCUT2D eigenvalue weighted by Gasteiger charge is -2.18. The quantitative estimate of drug-likeness (QED) is 0.598. The van der Waals surface area contributed by atoms with Crippen LogP contribution in [0.1, 0.15) is 46.4 Å². The van der Waals surface area contributed by atoms with Crippen molar-refractivity contribution in [1.29, 1.82) is 0 Å². The molecular formula is C17H17ClO3S. The summed E-state index contributed by atoms with van der Waals surface area (Å²) in [6, 6.07) is 10.5.